The molecular weight excluding hydrogens is 278 g/mol. The van der Waals surface area contributed by atoms with Crippen LogP contribution in [0.4, 0.5) is 0 Å². The molecule has 1 heterocycles. The van der Waals surface area contributed by atoms with Gasteiger partial charge < -0.3 is 15.0 Å². The summed E-state index contributed by atoms with van der Waals surface area (Å²) in [6.07, 6.45) is 2.29. The second-order valence-electron chi connectivity index (χ2n) is 5.09. The number of halogens is 1. The van der Waals surface area contributed by atoms with Crippen molar-refractivity contribution in [1.29, 1.82) is 0 Å². The summed E-state index contributed by atoms with van der Waals surface area (Å²) in [6.45, 7) is 2.13. The van der Waals surface area contributed by atoms with Gasteiger partial charge in [-0.1, -0.05) is 22.8 Å². The van der Waals surface area contributed by atoms with E-state index in [2.05, 4.69) is 10.1 Å². The maximum absolute atomic E-state index is 6.16. The molecule has 1 saturated carbocycles. The first-order valence-electron chi connectivity index (χ1n) is 6.64. The zero-order valence-electron chi connectivity index (χ0n) is 11.2. The van der Waals surface area contributed by atoms with E-state index < -0.39 is 0 Å². The summed E-state index contributed by atoms with van der Waals surface area (Å²) in [4.78, 5) is 4.30. The third-order valence-electron chi connectivity index (χ3n) is 3.26. The van der Waals surface area contributed by atoms with Crippen LogP contribution in [0.5, 0.6) is 5.75 Å². The van der Waals surface area contributed by atoms with Crippen LogP contribution in [0, 0.1) is 0 Å². The number of aromatic nitrogens is 2. The van der Waals surface area contributed by atoms with Crippen LogP contribution in [0.3, 0.4) is 0 Å². The summed E-state index contributed by atoms with van der Waals surface area (Å²) in [5.41, 5.74) is 6.77. The lowest BCUT2D eigenvalue weighted by Crippen LogP contribution is -2.05. The Balaban J connectivity index is 1.65. The van der Waals surface area contributed by atoms with Gasteiger partial charge in [-0.3, -0.25) is 0 Å². The quantitative estimate of drug-likeness (QED) is 0.916. The Bertz CT molecular complexity index is 608. The van der Waals surface area contributed by atoms with Gasteiger partial charge in [0, 0.05) is 12.0 Å². The lowest BCUT2D eigenvalue weighted by atomic mass is 10.1. The van der Waals surface area contributed by atoms with E-state index in [1.54, 1.807) is 6.07 Å². The minimum absolute atomic E-state index is 0.0569. The normalized spacial score (nSPS) is 16.1. The first-order valence-corrected chi connectivity index (χ1v) is 7.01. The number of ether oxygens (including phenoxy) is 1. The van der Waals surface area contributed by atoms with E-state index in [4.69, 9.17) is 26.6 Å². The number of hydrogen-bond donors (Lipinski definition) is 1. The van der Waals surface area contributed by atoms with Crippen LogP contribution in [-0.2, 0) is 6.61 Å². The Labute approximate surface area is 122 Å². The van der Waals surface area contributed by atoms with Crippen LogP contribution < -0.4 is 10.5 Å². The van der Waals surface area contributed by atoms with Gasteiger partial charge in [-0.25, -0.2) is 0 Å². The Morgan fingerprint density at radius 2 is 2.30 bits per heavy atom. The topological polar surface area (TPSA) is 74.2 Å². The van der Waals surface area contributed by atoms with Crippen molar-refractivity contribution in [2.75, 3.05) is 0 Å². The largest absolute Gasteiger partial charge is 0.482 e. The molecule has 1 aromatic heterocycles. The van der Waals surface area contributed by atoms with Gasteiger partial charge in [0.05, 0.1) is 5.02 Å². The van der Waals surface area contributed by atoms with Gasteiger partial charge >= 0.3 is 0 Å². The van der Waals surface area contributed by atoms with Gasteiger partial charge in [-0.2, -0.15) is 4.98 Å². The van der Waals surface area contributed by atoms with Crippen LogP contribution in [0.2, 0.25) is 5.02 Å². The van der Waals surface area contributed by atoms with Crippen LogP contribution in [0.1, 0.15) is 49.0 Å². The Morgan fingerprint density at radius 3 is 2.95 bits per heavy atom. The van der Waals surface area contributed by atoms with Gasteiger partial charge in [-0.05, 0) is 37.5 Å². The molecule has 2 aromatic rings. The minimum Gasteiger partial charge on any atom is -0.482 e. The monoisotopic (exact) mass is 293 g/mol. The first-order chi connectivity index (χ1) is 9.63. The molecular formula is C14H16ClN3O2. The summed E-state index contributed by atoms with van der Waals surface area (Å²) in [5, 5.41) is 4.46. The van der Waals surface area contributed by atoms with Gasteiger partial charge in [0.2, 0.25) is 0 Å². The van der Waals surface area contributed by atoms with E-state index in [0.29, 0.717) is 22.6 Å². The van der Waals surface area contributed by atoms with Crippen molar-refractivity contribution in [2.45, 2.75) is 38.3 Å². The van der Waals surface area contributed by atoms with Crippen molar-refractivity contribution >= 4 is 11.6 Å². The number of nitrogens with two attached hydrogens (primary N) is 1. The van der Waals surface area contributed by atoms with Crippen molar-refractivity contribution in [2.24, 2.45) is 5.73 Å². The van der Waals surface area contributed by atoms with Gasteiger partial charge in [0.1, 0.15) is 5.75 Å². The van der Waals surface area contributed by atoms with Gasteiger partial charge in [0.25, 0.3) is 5.89 Å². The summed E-state index contributed by atoms with van der Waals surface area (Å²) in [5.74, 6) is 2.31. The molecule has 1 fully saturated rings. The molecule has 3 rings (SSSR count). The smallest absolute Gasteiger partial charge is 0.264 e. The summed E-state index contributed by atoms with van der Waals surface area (Å²) in [7, 11) is 0. The lowest BCUT2D eigenvalue weighted by Gasteiger charge is -2.09. The predicted molar refractivity (Wildman–Crippen MR) is 74.7 cm³/mol. The molecule has 0 spiro atoms. The number of benzene rings is 1. The van der Waals surface area contributed by atoms with Crippen LogP contribution in [0.25, 0.3) is 0 Å². The van der Waals surface area contributed by atoms with Crippen LogP contribution >= 0.6 is 11.6 Å². The summed E-state index contributed by atoms with van der Waals surface area (Å²) < 4.78 is 10.7. The molecule has 1 aromatic carbocycles. The van der Waals surface area contributed by atoms with E-state index in [9.17, 15) is 0 Å². The molecule has 0 amide bonds. The standard InChI is InChI=1S/C14H16ClN3O2/c1-8(16)10-4-5-12(11(15)6-10)19-7-13-17-14(18-20-13)9-2-3-9/h4-6,8-9H,2-3,7,16H2,1H3. The maximum atomic E-state index is 6.16. The van der Waals surface area contributed by atoms with Crippen molar-refractivity contribution in [3.63, 3.8) is 0 Å². The Hall–Kier alpha value is -1.59. The lowest BCUT2D eigenvalue weighted by molar-refractivity contribution is 0.242. The molecule has 0 aliphatic heterocycles. The van der Waals surface area contributed by atoms with Crippen molar-refractivity contribution in [3.8, 4) is 5.75 Å². The van der Waals surface area contributed by atoms with E-state index in [-0.39, 0.29) is 12.6 Å². The molecule has 0 radical (unpaired) electrons. The third kappa shape index (κ3) is 2.94. The fourth-order valence-electron chi connectivity index (χ4n) is 1.89. The summed E-state index contributed by atoms with van der Waals surface area (Å²) >= 11 is 6.16. The number of rotatable bonds is 5. The molecule has 1 unspecified atom stereocenters. The number of hydrogen-bond acceptors (Lipinski definition) is 5. The third-order valence-corrected chi connectivity index (χ3v) is 3.55. The average molecular weight is 294 g/mol. The molecule has 0 bridgehead atoms. The first kappa shape index (κ1) is 13.4. The van der Waals surface area contributed by atoms with Crippen LogP contribution in [0.15, 0.2) is 22.7 Å². The molecule has 1 aliphatic carbocycles. The van der Waals surface area contributed by atoms with Crippen molar-refractivity contribution in [1.82, 2.24) is 10.1 Å². The highest BCUT2D eigenvalue weighted by Gasteiger charge is 2.28. The van der Waals surface area contributed by atoms with Crippen molar-refractivity contribution < 1.29 is 9.26 Å². The molecule has 0 saturated heterocycles. The van der Waals surface area contributed by atoms with Crippen molar-refractivity contribution in [3.05, 3.63) is 40.5 Å². The van der Waals surface area contributed by atoms with E-state index in [0.717, 1.165) is 24.2 Å². The maximum Gasteiger partial charge on any atom is 0.264 e. The van der Waals surface area contributed by atoms with Gasteiger partial charge in [0.15, 0.2) is 12.4 Å². The fraction of sp³-hybridized carbons (Fsp3) is 0.429. The minimum atomic E-state index is -0.0569. The van der Waals surface area contributed by atoms with Gasteiger partial charge in [-0.15, -0.1) is 0 Å². The zero-order valence-corrected chi connectivity index (χ0v) is 11.9. The molecule has 6 heteroatoms. The molecule has 20 heavy (non-hydrogen) atoms. The van der Waals surface area contributed by atoms with E-state index in [1.807, 2.05) is 19.1 Å². The Morgan fingerprint density at radius 1 is 1.50 bits per heavy atom. The summed E-state index contributed by atoms with van der Waals surface area (Å²) in [6, 6.07) is 5.46. The van der Waals surface area contributed by atoms with Crippen LogP contribution in [-0.4, -0.2) is 10.1 Å². The zero-order chi connectivity index (χ0) is 14.1. The molecule has 2 N–H and O–H groups in total. The second kappa shape index (κ2) is 5.42. The highest BCUT2D eigenvalue weighted by atomic mass is 35.5. The Kier molecular flexibility index (Phi) is 3.63. The predicted octanol–water partition coefficient (Wildman–Crippen LogP) is 3.20. The SMILES string of the molecule is CC(N)c1ccc(OCc2nc(C3CC3)no2)c(Cl)c1. The molecule has 1 atom stereocenters. The molecule has 106 valence electrons. The van der Waals surface area contributed by atoms with E-state index >= 15 is 0 Å². The van der Waals surface area contributed by atoms with E-state index in [1.165, 1.54) is 0 Å². The highest BCUT2D eigenvalue weighted by molar-refractivity contribution is 6.32. The average Bonchev–Trinajstić information content (AvgIpc) is 3.17. The number of nitrogens with zero attached hydrogens (tertiary/aromatic N) is 2. The second-order valence-corrected chi connectivity index (χ2v) is 5.49. The molecule has 1 aliphatic rings. The molecule has 5 nitrogen and oxygen atoms in total. The highest BCUT2D eigenvalue weighted by Crippen LogP contribution is 2.38. The fourth-order valence-corrected chi connectivity index (χ4v) is 2.13.